The second kappa shape index (κ2) is 9.74. The van der Waals surface area contributed by atoms with E-state index in [9.17, 15) is 0 Å². The molecule has 1 nitrogen and oxygen atoms in total. The van der Waals surface area contributed by atoms with Crippen LogP contribution in [0, 0.1) is 0 Å². The maximum absolute atomic E-state index is 6.97. The molecule has 1 aromatic heterocycles. The number of para-hydroxylation sites is 2. The fourth-order valence-corrected chi connectivity index (χ4v) is 11.1. The number of benzene rings is 6. The lowest BCUT2D eigenvalue weighted by Gasteiger charge is -2.34. The van der Waals surface area contributed by atoms with Gasteiger partial charge in [0.15, 0.2) is 8.07 Å². The van der Waals surface area contributed by atoms with Gasteiger partial charge in [-0.05, 0) is 38.4 Å². The molecule has 0 aliphatic heterocycles. The van der Waals surface area contributed by atoms with Crippen LogP contribution >= 0.6 is 11.6 Å². The molecule has 0 amide bonds. The largest absolute Gasteiger partial charge is 0.455 e. The zero-order chi connectivity index (χ0) is 26.2. The smallest absolute Gasteiger partial charge is 0.184 e. The highest BCUT2D eigenvalue weighted by molar-refractivity contribution is 7.20. The van der Waals surface area contributed by atoms with Crippen molar-refractivity contribution in [1.29, 1.82) is 0 Å². The lowest BCUT2D eigenvalue weighted by atomic mass is 10.0. The van der Waals surface area contributed by atoms with Gasteiger partial charge in [0.2, 0.25) is 0 Å². The fraction of sp³-hybridized carbons (Fsp3) is 0. The Hall–Kier alpha value is -4.37. The van der Waals surface area contributed by atoms with Crippen LogP contribution in [0.4, 0.5) is 0 Å². The Balaban J connectivity index is 1.63. The van der Waals surface area contributed by atoms with Gasteiger partial charge in [-0.15, -0.1) is 0 Å². The van der Waals surface area contributed by atoms with E-state index in [4.69, 9.17) is 16.0 Å². The van der Waals surface area contributed by atoms with Gasteiger partial charge in [-0.25, -0.2) is 0 Å². The van der Waals surface area contributed by atoms with Crippen LogP contribution in [0.25, 0.3) is 33.1 Å². The molecule has 0 saturated carbocycles. The first-order valence-corrected chi connectivity index (χ1v) is 15.5. The van der Waals surface area contributed by atoms with E-state index < -0.39 is 8.07 Å². The highest BCUT2D eigenvalue weighted by atomic mass is 35.5. The van der Waals surface area contributed by atoms with Crippen molar-refractivity contribution in [2.24, 2.45) is 0 Å². The van der Waals surface area contributed by atoms with Gasteiger partial charge in [-0.1, -0.05) is 151 Å². The quantitative estimate of drug-likeness (QED) is 0.166. The number of hydrogen-bond donors (Lipinski definition) is 0. The van der Waals surface area contributed by atoms with E-state index >= 15 is 0 Å². The van der Waals surface area contributed by atoms with Gasteiger partial charge in [0, 0.05) is 21.4 Å². The molecule has 3 heteroatoms. The van der Waals surface area contributed by atoms with E-state index in [1.165, 1.54) is 20.7 Å². The normalized spacial score (nSPS) is 11.7. The molecule has 0 N–H and O–H groups in total. The number of furan rings is 1. The van der Waals surface area contributed by atoms with Crippen LogP contribution in [0.1, 0.15) is 0 Å². The van der Waals surface area contributed by atoms with Crippen LogP contribution < -0.4 is 20.7 Å². The summed E-state index contributed by atoms with van der Waals surface area (Å²) in [5, 5.41) is 8.18. The standard InChI is InChI=1S/C36H25ClOSi/c37-27-14-10-13-26(25-27)31-21-11-22-32-33-23-12-24-34(36(33)38-35(31)32)39(28-15-4-1-5-16-28,29-17-6-2-7-18-29)30-19-8-3-9-20-30/h1-25H. The average Bonchev–Trinajstić information content (AvgIpc) is 3.39. The zero-order valence-electron chi connectivity index (χ0n) is 21.2. The molecule has 0 unspecified atom stereocenters. The topological polar surface area (TPSA) is 13.1 Å². The fourth-order valence-electron chi connectivity index (χ4n) is 6.03. The van der Waals surface area contributed by atoms with E-state index in [2.05, 4.69) is 133 Å². The predicted molar refractivity (Wildman–Crippen MR) is 168 cm³/mol. The molecule has 0 bridgehead atoms. The van der Waals surface area contributed by atoms with Crippen molar-refractivity contribution in [1.82, 2.24) is 0 Å². The maximum atomic E-state index is 6.97. The van der Waals surface area contributed by atoms with E-state index in [-0.39, 0.29) is 0 Å². The van der Waals surface area contributed by atoms with Gasteiger partial charge in [0.05, 0.1) is 0 Å². The van der Waals surface area contributed by atoms with Crippen LogP contribution in [0.2, 0.25) is 5.02 Å². The SMILES string of the molecule is Clc1cccc(-c2cccc3c2oc2c([Si](c4ccccc4)(c4ccccc4)c4ccccc4)cccc23)c1. The minimum Gasteiger partial charge on any atom is -0.455 e. The Morgan fingerprint density at radius 3 is 1.54 bits per heavy atom. The van der Waals surface area contributed by atoms with Gasteiger partial charge < -0.3 is 4.42 Å². The molecule has 0 aliphatic carbocycles. The summed E-state index contributed by atoms with van der Waals surface area (Å²) in [6.07, 6.45) is 0. The molecule has 0 spiro atoms. The van der Waals surface area contributed by atoms with Crippen molar-refractivity contribution in [2.75, 3.05) is 0 Å². The number of fused-ring (bicyclic) bond motifs is 3. The van der Waals surface area contributed by atoms with E-state index in [0.717, 1.165) is 33.1 Å². The van der Waals surface area contributed by atoms with Crippen LogP contribution in [0.5, 0.6) is 0 Å². The molecule has 186 valence electrons. The monoisotopic (exact) mass is 536 g/mol. The third kappa shape index (κ3) is 3.84. The number of hydrogen-bond acceptors (Lipinski definition) is 1. The first-order valence-electron chi connectivity index (χ1n) is 13.1. The highest BCUT2D eigenvalue weighted by Gasteiger charge is 2.43. The van der Waals surface area contributed by atoms with Gasteiger partial charge in [-0.3, -0.25) is 0 Å². The Morgan fingerprint density at radius 1 is 0.462 bits per heavy atom. The molecular formula is C36H25ClOSi. The molecule has 39 heavy (non-hydrogen) atoms. The van der Waals surface area contributed by atoms with Crippen molar-refractivity contribution in [3.05, 3.63) is 157 Å². The molecule has 6 aromatic carbocycles. The molecule has 7 aromatic rings. The first-order chi connectivity index (χ1) is 19.3. The van der Waals surface area contributed by atoms with Gasteiger partial charge in [-0.2, -0.15) is 0 Å². The highest BCUT2D eigenvalue weighted by Crippen LogP contribution is 2.36. The van der Waals surface area contributed by atoms with E-state index in [0.29, 0.717) is 5.02 Å². The number of halogens is 1. The predicted octanol–water partition coefficient (Wildman–Crippen LogP) is 7.28. The summed E-state index contributed by atoms with van der Waals surface area (Å²) in [5.41, 5.74) is 3.93. The molecule has 1 heterocycles. The molecular weight excluding hydrogens is 512 g/mol. The average molecular weight is 537 g/mol. The molecule has 0 radical (unpaired) electrons. The summed E-state index contributed by atoms with van der Waals surface area (Å²) in [5.74, 6) is 0. The van der Waals surface area contributed by atoms with Crippen molar-refractivity contribution < 1.29 is 4.42 Å². The molecule has 0 aliphatic rings. The molecule has 7 rings (SSSR count). The minimum absolute atomic E-state index is 0.713. The Morgan fingerprint density at radius 2 is 0.974 bits per heavy atom. The maximum Gasteiger partial charge on any atom is 0.184 e. The summed E-state index contributed by atoms with van der Waals surface area (Å²) in [7, 11) is -2.75. The Kier molecular flexibility index (Phi) is 5.92. The first kappa shape index (κ1) is 23.7. The molecule has 0 fully saturated rings. The van der Waals surface area contributed by atoms with Crippen LogP contribution in [-0.4, -0.2) is 8.07 Å². The van der Waals surface area contributed by atoms with Gasteiger partial charge in [0.25, 0.3) is 0 Å². The Bertz CT molecular complexity index is 1810. The van der Waals surface area contributed by atoms with Crippen LogP contribution in [0.3, 0.4) is 0 Å². The number of rotatable bonds is 5. The van der Waals surface area contributed by atoms with Gasteiger partial charge in [0.1, 0.15) is 11.2 Å². The van der Waals surface area contributed by atoms with Crippen LogP contribution in [-0.2, 0) is 0 Å². The summed E-state index contributed by atoms with van der Waals surface area (Å²) in [6.45, 7) is 0. The third-order valence-electron chi connectivity index (χ3n) is 7.68. The third-order valence-corrected chi connectivity index (χ3v) is 12.7. The lowest BCUT2D eigenvalue weighted by Crippen LogP contribution is -2.74. The zero-order valence-corrected chi connectivity index (χ0v) is 23.0. The second-order valence-electron chi connectivity index (χ2n) is 9.83. The van der Waals surface area contributed by atoms with Gasteiger partial charge >= 0.3 is 0 Å². The molecule has 0 atom stereocenters. The molecule has 0 saturated heterocycles. The van der Waals surface area contributed by atoms with Crippen molar-refractivity contribution in [3.8, 4) is 11.1 Å². The lowest BCUT2D eigenvalue weighted by molar-refractivity contribution is 0.672. The van der Waals surface area contributed by atoms with Crippen molar-refractivity contribution in [2.45, 2.75) is 0 Å². The van der Waals surface area contributed by atoms with Crippen molar-refractivity contribution >= 4 is 62.4 Å². The summed E-state index contributed by atoms with van der Waals surface area (Å²) < 4.78 is 6.97. The van der Waals surface area contributed by atoms with Crippen molar-refractivity contribution in [3.63, 3.8) is 0 Å². The summed E-state index contributed by atoms with van der Waals surface area (Å²) >= 11 is 6.39. The Labute approximate surface area is 234 Å². The second-order valence-corrected chi connectivity index (χ2v) is 14.0. The summed E-state index contributed by atoms with van der Waals surface area (Å²) in [6, 6.07) is 53.9. The summed E-state index contributed by atoms with van der Waals surface area (Å²) in [4.78, 5) is 0. The van der Waals surface area contributed by atoms with Crippen LogP contribution in [0.15, 0.2) is 156 Å². The van der Waals surface area contributed by atoms with E-state index in [1.807, 2.05) is 18.2 Å². The minimum atomic E-state index is -2.75. The van der Waals surface area contributed by atoms with E-state index in [1.54, 1.807) is 0 Å².